The Hall–Kier alpha value is -2.12. The molecule has 1 aliphatic heterocycles. The summed E-state index contributed by atoms with van der Waals surface area (Å²) >= 11 is 3.34. The van der Waals surface area contributed by atoms with Gasteiger partial charge in [-0.3, -0.25) is 0 Å². The summed E-state index contributed by atoms with van der Waals surface area (Å²) < 4.78 is 33.3. The second kappa shape index (κ2) is 7.13. The first-order chi connectivity index (χ1) is 12.9. The van der Waals surface area contributed by atoms with Crippen molar-refractivity contribution >= 4 is 31.7 Å². The van der Waals surface area contributed by atoms with Gasteiger partial charge < -0.3 is 9.32 Å². The fourth-order valence-corrected chi connectivity index (χ4v) is 4.72. The van der Waals surface area contributed by atoms with Gasteiger partial charge in [0.2, 0.25) is 26.6 Å². The molecule has 3 aromatic rings. The van der Waals surface area contributed by atoms with Gasteiger partial charge in [-0.15, -0.1) is 0 Å². The first-order valence-electron chi connectivity index (χ1n) is 8.78. The SMILES string of the molecule is Cc1ccc(-c2nc(S(=O)(=O)c3ccc(Br)cc3)c(N3CCCC3)o2)cc1. The van der Waals surface area contributed by atoms with Crippen LogP contribution in [0.15, 0.2) is 67.3 Å². The summed E-state index contributed by atoms with van der Waals surface area (Å²) in [4.78, 5) is 6.59. The van der Waals surface area contributed by atoms with Crippen molar-refractivity contribution in [2.24, 2.45) is 0 Å². The monoisotopic (exact) mass is 446 g/mol. The average Bonchev–Trinajstić information content (AvgIpc) is 3.32. The summed E-state index contributed by atoms with van der Waals surface area (Å²) in [5.74, 6) is 0.665. The van der Waals surface area contributed by atoms with Crippen molar-refractivity contribution in [2.45, 2.75) is 29.7 Å². The quantitative estimate of drug-likeness (QED) is 0.573. The number of aromatic nitrogens is 1. The second-order valence-electron chi connectivity index (χ2n) is 6.65. The molecule has 1 fully saturated rings. The molecule has 0 N–H and O–H groups in total. The Morgan fingerprint density at radius 1 is 1.00 bits per heavy atom. The first kappa shape index (κ1) is 18.3. The van der Waals surface area contributed by atoms with Crippen LogP contribution in [-0.2, 0) is 9.84 Å². The topological polar surface area (TPSA) is 63.4 Å². The maximum atomic E-state index is 13.3. The van der Waals surface area contributed by atoms with Crippen molar-refractivity contribution < 1.29 is 12.8 Å². The van der Waals surface area contributed by atoms with Crippen molar-refractivity contribution in [1.82, 2.24) is 4.98 Å². The number of sulfone groups is 1. The molecule has 2 heterocycles. The molecule has 0 spiro atoms. The molecule has 27 heavy (non-hydrogen) atoms. The van der Waals surface area contributed by atoms with Crippen molar-refractivity contribution in [3.8, 4) is 11.5 Å². The Morgan fingerprint density at radius 3 is 2.26 bits per heavy atom. The van der Waals surface area contributed by atoms with Gasteiger partial charge >= 0.3 is 0 Å². The minimum Gasteiger partial charge on any atom is -0.419 e. The molecule has 5 nitrogen and oxygen atoms in total. The molecule has 7 heteroatoms. The minimum absolute atomic E-state index is 0.0118. The fraction of sp³-hybridized carbons (Fsp3) is 0.250. The van der Waals surface area contributed by atoms with E-state index in [-0.39, 0.29) is 9.92 Å². The molecule has 1 aromatic heterocycles. The van der Waals surface area contributed by atoms with Crippen LogP contribution >= 0.6 is 15.9 Å². The molecule has 1 saturated heterocycles. The Balaban J connectivity index is 1.85. The van der Waals surface area contributed by atoms with Gasteiger partial charge in [-0.05, 0) is 56.2 Å². The number of hydrogen-bond donors (Lipinski definition) is 0. The fourth-order valence-electron chi connectivity index (χ4n) is 3.14. The van der Waals surface area contributed by atoms with Crippen LogP contribution in [0.25, 0.3) is 11.5 Å². The van der Waals surface area contributed by atoms with Crippen LogP contribution in [0.2, 0.25) is 0 Å². The summed E-state index contributed by atoms with van der Waals surface area (Å²) in [5.41, 5.74) is 1.88. The largest absolute Gasteiger partial charge is 0.419 e. The molecule has 0 unspecified atom stereocenters. The molecule has 1 aliphatic rings. The molecule has 0 bridgehead atoms. The highest BCUT2D eigenvalue weighted by Crippen LogP contribution is 2.36. The third-order valence-electron chi connectivity index (χ3n) is 4.65. The standard InChI is InChI=1S/C20H19BrN2O3S/c1-14-4-6-15(7-5-14)18-22-19(20(26-18)23-12-2-3-13-23)27(24,25)17-10-8-16(21)9-11-17/h4-11H,2-3,12-13H2,1H3. The van der Waals surface area contributed by atoms with Crippen LogP contribution in [0, 0.1) is 6.92 Å². The van der Waals surface area contributed by atoms with E-state index in [1.807, 2.05) is 36.1 Å². The highest BCUT2D eigenvalue weighted by molar-refractivity contribution is 9.10. The highest BCUT2D eigenvalue weighted by atomic mass is 79.9. The van der Waals surface area contributed by atoms with Crippen molar-refractivity contribution in [3.05, 3.63) is 58.6 Å². The molecule has 4 rings (SSSR count). The number of halogens is 1. The number of hydrogen-bond acceptors (Lipinski definition) is 5. The summed E-state index contributed by atoms with van der Waals surface area (Å²) in [6.07, 6.45) is 2.02. The maximum Gasteiger partial charge on any atom is 0.236 e. The normalized spacial score (nSPS) is 14.7. The molecule has 0 amide bonds. The summed E-state index contributed by atoms with van der Waals surface area (Å²) in [6.45, 7) is 3.54. The van der Waals surface area contributed by atoms with Crippen molar-refractivity contribution in [2.75, 3.05) is 18.0 Å². The zero-order chi connectivity index (χ0) is 19.0. The number of oxazole rings is 1. The van der Waals surface area contributed by atoms with E-state index < -0.39 is 9.84 Å². The number of nitrogens with zero attached hydrogens (tertiary/aromatic N) is 2. The predicted octanol–water partition coefficient (Wildman–Crippen LogP) is 4.85. The molecule has 0 radical (unpaired) electrons. The smallest absolute Gasteiger partial charge is 0.236 e. The summed E-state index contributed by atoms with van der Waals surface area (Å²) in [6, 6.07) is 14.3. The van der Waals surface area contributed by atoms with E-state index in [2.05, 4.69) is 20.9 Å². The van der Waals surface area contributed by atoms with Crippen molar-refractivity contribution in [3.63, 3.8) is 0 Å². The van der Waals surface area contributed by atoms with Crippen LogP contribution in [0.4, 0.5) is 5.88 Å². The van der Waals surface area contributed by atoms with E-state index in [1.165, 1.54) is 0 Å². The summed E-state index contributed by atoms with van der Waals surface area (Å²) in [5, 5.41) is -0.0118. The molecule has 0 atom stereocenters. The number of aryl methyl sites for hydroxylation is 1. The lowest BCUT2D eigenvalue weighted by molar-refractivity contribution is 0.556. The van der Waals surface area contributed by atoms with E-state index in [1.54, 1.807) is 24.3 Å². The van der Waals surface area contributed by atoms with Gasteiger partial charge in [-0.1, -0.05) is 33.6 Å². The van der Waals surface area contributed by atoms with Gasteiger partial charge in [-0.25, -0.2) is 8.42 Å². The number of benzene rings is 2. The van der Waals surface area contributed by atoms with E-state index in [0.29, 0.717) is 11.8 Å². The predicted molar refractivity (Wildman–Crippen MR) is 108 cm³/mol. The number of rotatable bonds is 4. The Kier molecular flexibility index (Phi) is 4.82. The third kappa shape index (κ3) is 3.53. The zero-order valence-corrected chi connectivity index (χ0v) is 17.3. The van der Waals surface area contributed by atoms with Crippen molar-refractivity contribution in [1.29, 1.82) is 0 Å². The van der Waals surface area contributed by atoms with E-state index >= 15 is 0 Å². The Morgan fingerprint density at radius 2 is 1.63 bits per heavy atom. The zero-order valence-electron chi connectivity index (χ0n) is 14.9. The van der Waals surface area contributed by atoms with Crippen LogP contribution in [0.1, 0.15) is 18.4 Å². The summed E-state index contributed by atoms with van der Waals surface area (Å²) in [7, 11) is -3.79. The van der Waals surface area contributed by atoms with Crippen LogP contribution in [0.3, 0.4) is 0 Å². The van der Waals surface area contributed by atoms with E-state index in [9.17, 15) is 8.42 Å². The Labute approximate surface area is 167 Å². The van der Waals surface area contributed by atoms with E-state index in [4.69, 9.17) is 4.42 Å². The molecule has 2 aromatic carbocycles. The van der Waals surface area contributed by atoms with Crippen LogP contribution < -0.4 is 4.90 Å². The second-order valence-corrected chi connectivity index (χ2v) is 9.43. The lowest BCUT2D eigenvalue weighted by Gasteiger charge is -2.14. The van der Waals surface area contributed by atoms with Crippen LogP contribution in [0.5, 0.6) is 0 Å². The van der Waals surface area contributed by atoms with Gasteiger partial charge in [0.1, 0.15) is 0 Å². The highest BCUT2D eigenvalue weighted by Gasteiger charge is 2.32. The number of anilines is 1. The molecular weight excluding hydrogens is 428 g/mol. The molecule has 0 saturated carbocycles. The average molecular weight is 447 g/mol. The van der Waals surface area contributed by atoms with Gasteiger partial charge in [0, 0.05) is 23.1 Å². The molecule has 0 aliphatic carbocycles. The van der Waals surface area contributed by atoms with Crippen LogP contribution in [-0.4, -0.2) is 26.5 Å². The van der Waals surface area contributed by atoms with E-state index in [0.717, 1.165) is 41.5 Å². The first-order valence-corrected chi connectivity index (χ1v) is 11.1. The van der Waals surface area contributed by atoms with Gasteiger partial charge in [0.25, 0.3) is 0 Å². The molecule has 140 valence electrons. The van der Waals surface area contributed by atoms with Gasteiger partial charge in [0.05, 0.1) is 4.90 Å². The molecular formula is C20H19BrN2O3S. The Bertz CT molecular complexity index is 1050. The lowest BCUT2D eigenvalue weighted by Crippen LogP contribution is -2.19. The lowest BCUT2D eigenvalue weighted by atomic mass is 10.1. The minimum atomic E-state index is -3.79. The van der Waals surface area contributed by atoms with Gasteiger partial charge in [0.15, 0.2) is 0 Å². The third-order valence-corrected chi connectivity index (χ3v) is 6.85. The maximum absolute atomic E-state index is 13.3. The van der Waals surface area contributed by atoms with Gasteiger partial charge in [-0.2, -0.15) is 4.98 Å².